The van der Waals surface area contributed by atoms with E-state index in [2.05, 4.69) is 93.2 Å². The maximum Gasteiger partial charge on any atom is 0.146 e. The van der Waals surface area contributed by atoms with Crippen molar-refractivity contribution < 1.29 is 0 Å². The van der Waals surface area contributed by atoms with E-state index in [9.17, 15) is 0 Å². The summed E-state index contributed by atoms with van der Waals surface area (Å²) in [4.78, 5) is 0. The largest absolute Gasteiger partial charge is 0.146 e. The standard InChI is InChI=1S/C25H34Si/c1-25(2,3)26(23-17-9-5-10-18-23,24-19-11-6-12-20-24)21-13-16-22-14-7-4-8-15-22/h5-6,9-13,17-22H,4,7-8,14-16H2,1-3H3/b21-13+. The Morgan fingerprint density at radius 3 is 1.77 bits per heavy atom. The van der Waals surface area contributed by atoms with Gasteiger partial charge < -0.3 is 0 Å². The van der Waals surface area contributed by atoms with Gasteiger partial charge in [0, 0.05) is 0 Å². The Hall–Kier alpha value is -1.60. The van der Waals surface area contributed by atoms with Crippen molar-refractivity contribution in [1.29, 1.82) is 0 Å². The molecule has 1 fully saturated rings. The van der Waals surface area contributed by atoms with Crippen LogP contribution in [-0.4, -0.2) is 8.07 Å². The van der Waals surface area contributed by atoms with Crippen molar-refractivity contribution >= 4 is 18.4 Å². The van der Waals surface area contributed by atoms with Gasteiger partial charge in [0.2, 0.25) is 0 Å². The number of benzene rings is 2. The van der Waals surface area contributed by atoms with Gasteiger partial charge in [-0.15, -0.1) is 0 Å². The average molecular weight is 363 g/mol. The molecule has 1 aliphatic rings. The SMILES string of the molecule is CC(C)(C)[Si](/C=C/CC1CCCCC1)(c1ccccc1)c1ccccc1. The van der Waals surface area contributed by atoms with Crippen LogP contribution in [-0.2, 0) is 0 Å². The van der Waals surface area contributed by atoms with E-state index in [0.717, 1.165) is 5.92 Å². The van der Waals surface area contributed by atoms with Gasteiger partial charge in [-0.2, -0.15) is 0 Å². The summed E-state index contributed by atoms with van der Waals surface area (Å²) in [7, 11) is -2.01. The molecule has 2 aromatic carbocycles. The van der Waals surface area contributed by atoms with Gasteiger partial charge >= 0.3 is 0 Å². The molecule has 0 N–H and O–H groups in total. The maximum absolute atomic E-state index is 2.66. The molecule has 0 aliphatic heterocycles. The van der Waals surface area contributed by atoms with Gasteiger partial charge in [-0.05, 0) is 27.8 Å². The zero-order chi connectivity index (χ0) is 18.5. The van der Waals surface area contributed by atoms with Crippen molar-refractivity contribution in [2.24, 2.45) is 5.92 Å². The van der Waals surface area contributed by atoms with Crippen LogP contribution >= 0.6 is 0 Å². The summed E-state index contributed by atoms with van der Waals surface area (Å²) < 4.78 is 0. The Balaban J connectivity index is 2.02. The predicted octanol–water partition coefficient (Wildman–Crippen LogP) is 6.12. The second-order valence-electron chi connectivity index (χ2n) is 8.93. The highest BCUT2D eigenvalue weighted by molar-refractivity contribution is 7.07. The summed E-state index contributed by atoms with van der Waals surface area (Å²) in [6.45, 7) is 7.30. The quantitative estimate of drug-likeness (QED) is 0.562. The molecule has 3 rings (SSSR count). The highest BCUT2D eigenvalue weighted by Gasteiger charge is 2.45. The molecule has 0 unspecified atom stereocenters. The monoisotopic (exact) mass is 362 g/mol. The Morgan fingerprint density at radius 1 is 0.808 bits per heavy atom. The molecule has 138 valence electrons. The molecule has 1 saturated carbocycles. The van der Waals surface area contributed by atoms with Gasteiger partial charge in [0.1, 0.15) is 8.07 Å². The van der Waals surface area contributed by atoms with Crippen LogP contribution in [0.5, 0.6) is 0 Å². The van der Waals surface area contributed by atoms with Crippen molar-refractivity contribution in [2.75, 3.05) is 0 Å². The summed E-state index contributed by atoms with van der Waals surface area (Å²) in [5.41, 5.74) is 2.66. The van der Waals surface area contributed by atoms with Crippen LogP contribution in [0.1, 0.15) is 59.3 Å². The van der Waals surface area contributed by atoms with Gasteiger partial charge in [-0.1, -0.05) is 125 Å². The second-order valence-corrected chi connectivity index (χ2v) is 13.5. The normalized spacial score (nSPS) is 16.9. The topological polar surface area (TPSA) is 0 Å². The smallest absolute Gasteiger partial charge is 0.0914 e. The first-order valence-corrected chi connectivity index (χ1v) is 12.4. The Morgan fingerprint density at radius 2 is 1.31 bits per heavy atom. The Labute approximate surface area is 161 Å². The zero-order valence-electron chi connectivity index (χ0n) is 16.7. The van der Waals surface area contributed by atoms with E-state index in [-0.39, 0.29) is 5.04 Å². The van der Waals surface area contributed by atoms with E-state index in [1.807, 2.05) is 0 Å². The number of hydrogen-bond acceptors (Lipinski definition) is 0. The third kappa shape index (κ3) is 4.04. The summed E-state index contributed by atoms with van der Waals surface area (Å²) in [5, 5.41) is 3.27. The zero-order valence-corrected chi connectivity index (χ0v) is 17.7. The van der Waals surface area contributed by atoms with Crippen molar-refractivity contribution in [3.05, 3.63) is 72.4 Å². The van der Waals surface area contributed by atoms with Gasteiger partial charge in [-0.25, -0.2) is 0 Å². The fourth-order valence-corrected chi connectivity index (χ4v) is 9.61. The van der Waals surface area contributed by atoms with E-state index < -0.39 is 8.07 Å². The van der Waals surface area contributed by atoms with E-state index in [1.54, 1.807) is 0 Å². The second kappa shape index (κ2) is 8.39. The van der Waals surface area contributed by atoms with Crippen molar-refractivity contribution in [3.8, 4) is 0 Å². The van der Waals surface area contributed by atoms with Gasteiger partial charge in [0.15, 0.2) is 0 Å². The maximum atomic E-state index is 2.66. The van der Waals surface area contributed by atoms with Crippen LogP contribution in [0.15, 0.2) is 72.4 Å². The van der Waals surface area contributed by atoms with E-state index in [4.69, 9.17) is 0 Å². The van der Waals surface area contributed by atoms with Gasteiger partial charge in [-0.3, -0.25) is 0 Å². The summed E-state index contributed by atoms with van der Waals surface area (Å²) in [6, 6.07) is 22.5. The first-order chi connectivity index (χ1) is 12.5. The lowest BCUT2D eigenvalue weighted by Gasteiger charge is -2.42. The van der Waals surface area contributed by atoms with Crippen LogP contribution in [0.2, 0.25) is 5.04 Å². The van der Waals surface area contributed by atoms with Crippen molar-refractivity contribution in [1.82, 2.24) is 0 Å². The lowest BCUT2D eigenvalue weighted by molar-refractivity contribution is 0.361. The Bertz CT molecular complexity index is 648. The number of rotatable bonds is 5. The minimum Gasteiger partial charge on any atom is -0.0914 e. The lowest BCUT2D eigenvalue weighted by atomic mass is 9.87. The molecule has 0 aromatic heterocycles. The number of allylic oxidation sites excluding steroid dienone is 1. The first kappa shape index (κ1) is 19.2. The molecule has 0 radical (unpaired) electrons. The number of hydrogen-bond donors (Lipinski definition) is 0. The minimum absolute atomic E-state index is 0.221. The molecule has 0 atom stereocenters. The fraction of sp³-hybridized carbons (Fsp3) is 0.440. The lowest BCUT2D eigenvalue weighted by Crippen LogP contribution is -2.63. The molecule has 1 aliphatic carbocycles. The summed E-state index contributed by atoms with van der Waals surface area (Å²) in [5.74, 6) is 0.901. The Kier molecular flexibility index (Phi) is 6.19. The molecule has 0 nitrogen and oxygen atoms in total. The van der Waals surface area contributed by atoms with E-state index >= 15 is 0 Å². The summed E-state index contributed by atoms with van der Waals surface area (Å²) >= 11 is 0. The molecule has 2 aromatic rings. The minimum atomic E-state index is -2.01. The first-order valence-electron chi connectivity index (χ1n) is 10.3. The van der Waals surface area contributed by atoms with Crippen molar-refractivity contribution in [3.63, 3.8) is 0 Å². The molecular weight excluding hydrogens is 328 g/mol. The van der Waals surface area contributed by atoms with Crippen LogP contribution in [0.25, 0.3) is 0 Å². The van der Waals surface area contributed by atoms with Crippen LogP contribution in [0, 0.1) is 5.92 Å². The molecule has 0 heterocycles. The van der Waals surface area contributed by atoms with E-state index in [0.29, 0.717) is 0 Å². The van der Waals surface area contributed by atoms with Gasteiger partial charge in [0.05, 0.1) is 0 Å². The molecule has 0 bridgehead atoms. The van der Waals surface area contributed by atoms with Crippen LogP contribution in [0.4, 0.5) is 0 Å². The third-order valence-electron chi connectivity index (χ3n) is 6.20. The molecular formula is C25H34Si. The molecule has 1 heteroatoms. The summed E-state index contributed by atoms with van der Waals surface area (Å²) in [6.07, 6.45) is 10.9. The third-order valence-corrected chi connectivity index (χ3v) is 11.8. The van der Waals surface area contributed by atoms with Crippen LogP contribution < -0.4 is 10.4 Å². The fourth-order valence-electron chi connectivity index (χ4n) is 4.74. The van der Waals surface area contributed by atoms with Gasteiger partial charge in [0.25, 0.3) is 0 Å². The predicted molar refractivity (Wildman–Crippen MR) is 118 cm³/mol. The van der Waals surface area contributed by atoms with Crippen molar-refractivity contribution in [2.45, 2.75) is 64.3 Å². The highest BCUT2D eigenvalue weighted by Crippen LogP contribution is 2.37. The molecule has 0 amide bonds. The molecule has 26 heavy (non-hydrogen) atoms. The average Bonchev–Trinajstić information content (AvgIpc) is 2.66. The highest BCUT2D eigenvalue weighted by atomic mass is 28.3. The molecule has 0 spiro atoms. The van der Waals surface area contributed by atoms with E-state index in [1.165, 1.54) is 48.9 Å². The van der Waals surface area contributed by atoms with Crippen LogP contribution in [0.3, 0.4) is 0 Å². The molecule has 0 saturated heterocycles.